The first-order chi connectivity index (χ1) is 6.70. The topological polar surface area (TPSA) is 24.1 Å². The molecule has 0 fully saturated rings. The maximum Gasteiger partial charge on any atom is 0.264 e. The molecule has 1 heterocycles. The molecule has 0 bridgehead atoms. The number of fused-ring (bicyclic) bond motifs is 1. The van der Waals surface area contributed by atoms with Gasteiger partial charge in [0.2, 0.25) is 6.20 Å². The summed E-state index contributed by atoms with van der Waals surface area (Å²) in [5.41, 5.74) is 2.13. The van der Waals surface area contributed by atoms with E-state index in [9.17, 15) is 5.21 Å². The van der Waals surface area contributed by atoms with Gasteiger partial charge in [-0.2, -0.15) is 0 Å². The van der Waals surface area contributed by atoms with Crippen molar-refractivity contribution >= 4 is 19.3 Å². The molecule has 2 nitrogen and oxygen atoms in total. The lowest BCUT2D eigenvalue weighted by atomic mass is 9.98. The molecular formula is C14H22BNO+. The van der Waals surface area contributed by atoms with Crippen molar-refractivity contribution < 1.29 is 9.94 Å². The van der Waals surface area contributed by atoms with Crippen LogP contribution in [-0.2, 0) is 0 Å². The molecule has 3 radical (unpaired) electrons. The van der Waals surface area contributed by atoms with Gasteiger partial charge in [-0.1, -0.05) is 40.8 Å². The van der Waals surface area contributed by atoms with Gasteiger partial charge in [0, 0.05) is 25.3 Å². The molecular weight excluding hydrogens is 209 g/mol. The molecule has 1 aromatic carbocycles. The normalized spacial score (nSPS) is 9.12. The van der Waals surface area contributed by atoms with Crippen molar-refractivity contribution in [3.05, 3.63) is 42.1 Å². The first kappa shape index (κ1) is 17.9. The highest BCUT2D eigenvalue weighted by molar-refractivity contribution is 5.79. The minimum absolute atomic E-state index is 0. The summed E-state index contributed by atoms with van der Waals surface area (Å²) in [5, 5.41) is 10.7. The van der Waals surface area contributed by atoms with Crippen LogP contribution in [0.15, 0.2) is 36.5 Å². The van der Waals surface area contributed by atoms with E-state index in [0.29, 0.717) is 5.92 Å². The van der Waals surface area contributed by atoms with E-state index in [1.165, 1.54) is 10.3 Å². The molecule has 3 heteroatoms. The van der Waals surface area contributed by atoms with Crippen molar-refractivity contribution in [1.29, 1.82) is 0 Å². The molecule has 1 N–H and O–H groups in total. The van der Waals surface area contributed by atoms with Gasteiger partial charge < -0.3 is 0 Å². The third-order valence-electron chi connectivity index (χ3n) is 2.48. The van der Waals surface area contributed by atoms with Crippen molar-refractivity contribution in [2.24, 2.45) is 0 Å². The Bertz CT molecular complexity index is 469. The molecule has 0 saturated carbocycles. The molecule has 1 aromatic heterocycles. The molecule has 0 aliphatic rings. The zero-order chi connectivity index (χ0) is 10.1. The Balaban J connectivity index is 0. The fourth-order valence-corrected chi connectivity index (χ4v) is 1.76. The molecule has 0 amide bonds. The lowest BCUT2D eigenvalue weighted by molar-refractivity contribution is -0.884. The van der Waals surface area contributed by atoms with Crippen molar-refractivity contribution in [2.45, 2.75) is 34.6 Å². The SMILES string of the molecule is C.C.CC(C)c1cccc2c1ccc[n+]2O.[B]. The van der Waals surface area contributed by atoms with Gasteiger partial charge >= 0.3 is 0 Å². The predicted octanol–water partition coefficient (Wildman–Crippen LogP) is 3.38. The first-order valence-electron chi connectivity index (χ1n) is 4.82. The first-order valence-corrected chi connectivity index (χ1v) is 4.82. The summed E-state index contributed by atoms with van der Waals surface area (Å²) in [5.74, 6) is 0.473. The van der Waals surface area contributed by atoms with Gasteiger partial charge in [-0.25, -0.2) is 0 Å². The Morgan fingerprint density at radius 1 is 1.06 bits per heavy atom. The van der Waals surface area contributed by atoms with E-state index < -0.39 is 0 Å². The Hall–Kier alpha value is -1.51. The summed E-state index contributed by atoms with van der Waals surface area (Å²) >= 11 is 0. The second-order valence-corrected chi connectivity index (χ2v) is 3.79. The second-order valence-electron chi connectivity index (χ2n) is 3.79. The lowest BCUT2D eigenvalue weighted by Crippen LogP contribution is -2.29. The predicted molar refractivity (Wildman–Crippen MR) is 74.6 cm³/mol. The van der Waals surface area contributed by atoms with E-state index >= 15 is 0 Å². The van der Waals surface area contributed by atoms with Gasteiger partial charge in [0.05, 0.1) is 5.39 Å². The van der Waals surface area contributed by atoms with E-state index in [1.54, 1.807) is 6.20 Å². The van der Waals surface area contributed by atoms with Gasteiger partial charge in [-0.3, -0.25) is 5.21 Å². The third-order valence-corrected chi connectivity index (χ3v) is 2.48. The maximum absolute atomic E-state index is 9.59. The Labute approximate surface area is 106 Å². The van der Waals surface area contributed by atoms with Gasteiger partial charge in [0.1, 0.15) is 0 Å². The lowest BCUT2D eigenvalue weighted by Gasteiger charge is -2.06. The van der Waals surface area contributed by atoms with E-state index in [2.05, 4.69) is 19.9 Å². The van der Waals surface area contributed by atoms with Gasteiger partial charge in [0.15, 0.2) is 0 Å². The molecule has 91 valence electrons. The van der Waals surface area contributed by atoms with Crippen LogP contribution in [0.5, 0.6) is 0 Å². The number of benzene rings is 1. The van der Waals surface area contributed by atoms with E-state index in [4.69, 9.17) is 0 Å². The summed E-state index contributed by atoms with van der Waals surface area (Å²) in [6.07, 6.45) is 1.65. The smallest absolute Gasteiger partial charge is 0.264 e. The van der Waals surface area contributed by atoms with Crippen molar-refractivity contribution in [2.75, 3.05) is 0 Å². The van der Waals surface area contributed by atoms with Crippen LogP contribution >= 0.6 is 0 Å². The van der Waals surface area contributed by atoms with Crippen LogP contribution in [0, 0.1) is 0 Å². The number of pyridine rings is 1. The minimum atomic E-state index is 0. The molecule has 0 atom stereocenters. The average Bonchev–Trinajstić information content (AvgIpc) is 2.17. The van der Waals surface area contributed by atoms with Crippen LogP contribution in [0.25, 0.3) is 10.9 Å². The molecule has 2 aromatic rings. The second kappa shape index (κ2) is 6.95. The number of aromatic nitrogens is 1. The van der Waals surface area contributed by atoms with Crippen molar-refractivity contribution in [3.63, 3.8) is 0 Å². The summed E-state index contributed by atoms with van der Waals surface area (Å²) in [6, 6.07) is 9.89. The Morgan fingerprint density at radius 2 is 1.71 bits per heavy atom. The molecule has 0 aliphatic heterocycles. The summed E-state index contributed by atoms with van der Waals surface area (Å²) in [7, 11) is 0. The Morgan fingerprint density at radius 3 is 2.29 bits per heavy atom. The summed E-state index contributed by atoms with van der Waals surface area (Å²) in [4.78, 5) is 0. The summed E-state index contributed by atoms with van der Waals surface area (Å²) in [6.45, 7) is 4.31. The average molecular weight is 231 g/mol. The fourth-order valence-electron chi connectivity index (χ4n) is 1.76. The van der Waals surface area contributed by atoms with Gasteiger partial charge in [0.25, 0.3) is 5.52 Å². The van der Waals surface area contributed by atoms with E-state index in [-0.39, 0.29) is 23.3 Å². The number of hydrogen-bond donors (Lipinski definition) is 1. The number of rotatable bonds is 1. The molecule has 0 saturated heterocycles. The molecule has 0 aliphatic carbocycles. The number of nitrogens with zero attached hydrogens (tertiary/aromatic N) is 1. The van der Waals surface area contributed by atoms with Gasteiger partial charge in [-0.05, 0) is 17.5 Å². The van der Waals surface area contributed by atoms with Crippen molar-refractivity contribution in [3.8, 4) is 0 Å². The maximum atomic E-state index is 9.59. The largest absolute Gasteiger partial charge is 0.285 e. The van der Waals surface area contributed by atoms with Crippen LogP contribution in [0.3, 0.4) is 0 Å². The van der Waals surface area contributed by atoms with E-state index in [1.807, 2.05) is 24.3 Å². The minimum Gasteiger partial charge on any atom is -0.285 e. The van der Waals surface area contributed by atoms with Crippen molar-refractivity contribution in [1.82, 2.24) is 0 Å². The standard InChI is InChI=1S/C12H14NO.2CH4.B/c1-9(2)10-5-3-7-12-11(10)6-4-8-13(12)14;;;/h3-9,14H,1-2H3;2*1H4;/q+1;;;. The zero-order valence-electron chi connectivity index (χ0n) is 9.01. The van der Waals surface area contributed by atoms with Crippen LogP contribution in [-0.4, -0.2) is 13.6 Å². The highest BCUT2D eigenvalue weighted by Crippen LogP contribution is 2.22. The van der Waals surface area contributed by atoms with Gasteiger partial charge in [-0.15, -0.1) is 0 Å². The Kier molecular flexibility index (Phi) is 7.30. The highest BCUT2D eigenvalue weighted by Gasteiger charge is 2.11. The number of hydrogen-bond acceptors (Lipinski definition) is 1. The highest BCUT2D eigenvalue weighted by atomic mass is 16.5. The summed E-state index contributed by atoms with van der Waals surface area (Å²) < 4.78 is 1.17. The van der Waals surface area contributed by atoms with Crippen LogP contribution in [0.2, 0.25) is 0 Å². The molecule has 2 rings (SSSR count). The van der Waals surface area contributed by atoms with E-state index in [0.717, 1.165) is 10.9 Å². The molecule has 0 unspecified atom stereocenters. The molecule has 17 heavy (non-hydrogen) atoms. The van der Waals surface area contributed by atoms with Crippen LogP contribution < -0.4 is 4.73 Å². The zero-order valence-corrected chi connectivity index (χ0v) is 9.01. The third kappa shape index (κ3) is 3.22. The van der Waals surface area contributed by atoms with Crippen LogP contribution in [0.1, 0.15) is 40.2 Å². The molecule has 0 spiro atoms. The fraction of sp³-hybridized carbons (Fsp3) is 0.357. The quantitative estimate of drug-likeness (QED) is 0.454. The van der Waals surface area contributed by atoms with Crippen LogP contribution in [0.4, 0.5) is 0 Å². The monoisotopic (exact) mass is 231 g/mol.